The Hall–Kier alpha value is -1.38. The number of ether oxygens (including phenoxy) is 1. The van der Waals surface area contributed by atoms with Crippen molar-refractivity contribution in [1.82, 2.24) is 0 Å². The predicted molar refractivity (Wildman–Crippen MR) is 92.0 cm³/mol. The van der Waals surface area contributed by atoms with Gasteiger partial charge in [0.05, 0.1) is 12.2 Å². The van der Waals surface area contributed by atoms with E-state index < -0.39 is 5.82 Å². The maximum Gasteiger partial charge on any atom is 0.153 e. The SMILES string of the molecule is CC1CC2CC(C)(COc3cc(F)c(C=O)cc3C3CC3)CC2C1. The van der Waals surface area contributed by atoms with Crippen molar-refractivity contribution in [2.75, 3.05) is 6.61 Å². The fourth-order valence-corrected chi connectivity index (χ4v) is 5.25. The van der Waals surface area contributed by atoms with Crippen LogP contribution in [0, 0.1) is 29.0 Å². The molecule has 2 atom stereocenters. The Kier molecular flexibility index (Phi) is 3.93. The van der Waals surface area contributed by atoms with Crippen molar-refractivity contribution in [3.05, 3.63) is 29.1 Å². The van der Waals surface area contributed by atoms with E-state index in [9.17, 15) is 9.18 Å². The second-order valence-corrected chi connectivity index (χ2v) is 8.91. The molecule has 0 aliphatic heterocycles. The van der Waals surface area contributed by atoms with Crippen molar-refractivity contribution in [3.8, 4) is 5.75 Å². The third kappa shape index (κ3) is 2.98. The monoisotopic (exact) mass is 330 g/mol. The molecule has 0 radical (unpaired) electrons. The summed E-state index contributed by atoms with van der Waals surface area (Å²) in [6.07, 6.45) is 8.00. The second-order valence-electron chi connectivity index (χ2n) is 8.91. The summed E-state index contributed by atoms with van der Waals surface area (Å²) in [5.41, 5.74) is 1.38. The second kappa shape index (κ2) is 5.86. The third-order valence-corrected chi connectivity index (χ3v) is 6.44. The Bertz CT molecular complexity index is 635. The minimum atomic E-state index is -0.466. The van der Waals surface area contributed by atoms with Gasteiger partial charge in [-0.2, -0.15) is 0 Å². The van der Waals surface area contributed by atoms with Gasteiger partial charge >= 0.3 is 0 Å². The van der Waals surface area contributed by atoms with Crippen LogP contribution in [-0.2, 0) is 0 Å². The highest BCUT2D eigenvalue weighted by molar-refractivity contribution is 5.76. The molecule has 1 aromatic rings. The van der Waals surface area contributed by atoms with E-state index in [1.165, 1.54) is 31.7 Å². The molecule has 0 heterocycles. The normalized spacial score (nSPS) is 35.0. The van der Waals surface area contributed by atoms with E-state index in [1.807, 2.05) is 0 Å². The highest BCUT2D eigenvalue weighted by atomic mass is 19.1. The Balaban J connectivity index is 1.48. The van der Waals surface area contributed by atoms with Crippen LogP contribution in [0.3, 0.4) is 0 Å². The minimum absolute atomic E-state index is 0.153. The number of benzene rings is 1. The van der Waals surface area contributed by atoms with Gasteiger partial charge in [0.15, 0.2) is 6.29 Å². The van der Waals surface area contributed by atoms with Gasteiger partial charge in [-0.25, -0.2) is 4.39 Å². The van der Waals surface area contributed by atoms with E-state index in [0.29, 0.717) is 24.6 Å². The van der Waals surface area contributed by atoms with Crippen molar-refractivity contribution < 1.29 is 13.9 Å². The number of hydrogen-bond donors (Lipinski definition) is 0. The molecule has 0 saturated heterocycles. The van der Waals surface area contributed by atoms with E-state index >= 15 is 0 Å². The van der Waals surface area contributed by atoms with E-state index in [4.69, 9.17) is 4.74 Å². The molecule has 0 amide bonds. The summed E-state index contributed by atoms with van der Waals surface area (Å²) in [6.45, 7) is 5.35. The van der Waals surface area contributed by atoms with Crippen molar-refractivity contribution in [2.45, 2.75) is 58.3 Å². The van der Waals surface area contributed by atoms with E-state index in [0.717, 1.165) is 36.2 Å². The van der Waals surface area contributed by atoms with Crippen molar-refractivity contribution in [3.63, 3.8) is 0 Å². The highest BCUT2D eigenvalue weighted by Crippen LogP contribution is 2.54. The van der Waals surface area contributed by atoms with Crippen LogP contribution in [0.4, 0.5) is 4.39 Å². The van der Waals surface area contributed by atoms with Crippen LogP contribution < -0.4 is 4.74 Å². The summed E-state index contributed by atoms with van der Waals surface area (Å²) in [4.78, 5) is 11.0. The lowest BCUT2D eigenvalue weighted by Crippen LogP contribution is -2.23. The van der Waals surface area contributed by atoms with Gasteiger partial charge in [-0.1, -0.05) is 13.8 Å². The van der Waals surface area contributed by atoms with Gasteiger partial charge in [0, 0.05) is 11.5 Å². The van der Waals surface area contributed by atoms with Crippen LogP contribution in [0.25, 0.3) is 0 Å². The molecule has 3 aliphatic rings. The van der Waals surface area contributed by atoms with Crippen molar-refractivity contribution >= 4 is 6.29 Å². The smallest absolute Gasteiger partial charge is 0.153 e. The molecule has 4 rings (SSSR count). The minimum Gasteiger partial charge on any atom is -0.493 e. The number of hydrogen-bond acceptors (Lipinski definition) is 2. The molecule has 2 nitrogen and oxygen atoms in total. The van der Waals surface area contributed by atoms with E-state index in [2.05, 4.69) is 13.8 Å². The molecule has 3 aliphatic carbocycles. The Morgan fingerprint density at radius 2 is 1.92 bits per heavy atom. The molecular formula is C21H27FO2. The van der Waals surface area contributed by atoms with Gasteiger partial charge in [-0.05, 0) is 73.8 Å². The average Bonchev–Trinajstić information content (AvgIpc) is 3.25. The lowest BCUT2D eigenvalue weighted by atomic mass is 9.86. The standard InChI is InChI=1S/C21H27FO2/c1-13-5-15-9-21(2,10-16(15)6-13)12-24-20-8-19(22)17(11-23)7-18(20)14-3-4-14/h7-8,11,13-16H,3-6,9-10,12H2,1-2H3. The van der Waals surface area contributed by atoms with Gasteiger partial charge in [0.25, 0.3) is 0 Å². The highest BCUT2D eigenvalue weighted by Gasteiger charge is 2.46. The summed E-state index contributed by atoms with van der Waals surface area (Å²) >= 11 is 0. The number of fused-ring (bicyclic) bond motifs is 1. The van der Waals surface area contributed by atoms with Crippen LogP contribution in [0.15, 0.2) is 12.1 Å². The van der Waals surface area contributed by atoms with Crippen LogP contribution in [-0.4, -0.2) is 12.9 Å². The average molecular weight is 330 g/mol. The first kappa shape index (κ1) is 16.1. The molecule has 3 fully saturated rings. The molecule has 1 aromatic carbocycles. The summed E-state index contributed by atoms with van der Waals surface area (Å²) in [6, 6.07) is 3.13. The van der Waals surface area contributed by atoms with Crippen LogP contribution in [0.1, 0.15) is 74.2 Å². The predicted octanol–water partition coefficient (Wildman–Crippen LogP) is 5.36. The molecule has 2 unspecified atom stereocenters. The van der Waals surface area contributed by atoms with Crippen molar-refractivity contribution in [1.29, 1.82) is 0 Å². The first-order valence-electron chi connectivity index (χ1n) is 9.39. The first-order valence-corrected chi connectivity index (χ1v) is 9.39. The quantitative estimate of drug-likeness (QED) is 0.680. The fraction of sp³-hybridized carbons (Fsp3) is 0.667. The van der Waals surface area contributed by atoms with Gasteiger partial charge < -0.3 is 4.74 Å². The zero-order chi connectivity index (χ0) is 16.9. The summed E-state index contributed by atoms with van der Waals surface area (Å²) < 4.78 is 20.2. The number of carbonyl (C=O) groups excluding carboxylic acids is 1. The van der Waals surface area contributed by atoms with Crippen LogP contribution in [0.2, 0.25) is 0 Å². The molecule has 0 aromatic heterocycles. The zero-order valence-corrected chi connectivity index (χ0v) is 14.7. The van der Waals surface area contributed by atoms with Gasteiger partial charge in [-0.15, -0.1) is 0 Å². The maximum atomic E-state index is 14.0. The molecule has 0 bridgehead atoms. The van der Waals surface area contributed by atoms with Gasteiger partial charge in [0.1, 0.15) is 11.6 Å². The van der Waals surface area contributed by atoms with Crippen molar-refractivity contribution in [2.24, 2.45) is 23.2 Å². The van der Waals surface area contributed by atoms with E-state index in [1.54, 1.807) is 6.07 Å². The lowest BCUT2D eigenvalue weighted by Gasteiger charge is -2.26. The molecule has 130 valence electrons. The lowest BCUT2D eigenvalue weighted by molar-refractivity contribution is 0.111. The fourth-order valence-electron chi connectivity index (χ4n) is 5.25. The molecule has 0 spiro atoms. The number of rotatable bonds is 5. The Labute approximate surface area is 143 Å². The van der Waals surface area contributed by atoms with E-state index in [-0.39, 0.29) is 11.0 Å². The topological polar surface area (TPSA) is 26.3 Å². The molecule has 24 heavy (non-hydrogen) atoms. The number of halogens is 1. The third-order valence-electron chi connectivity index (χ3n) is 6.44. The van der Waals surface area contributed by atoms with Crippen LogP contribution >= 0.6 is 0 Å². The Morgan fingerprint density at radius 1 is 1.25 bits per heavy atom. The Morgan fingerprint density at radius 3 is 2.50 bits per heavy atom. The largest absolute Gasteiger partial charge is 0.493 e. The van der Waals surface area contributed by atoms with Gasteiger partial charge in [0.2, 0.25) is 0 Å². The number of carbonyl (C=O) groups is 1. The molecule has 3 saturated carbocycles. The zero-order valence-electron chi connectivity index (χ0n) is 14.7. The first-order chi connectivity index (χ1) is 11.5. The van der Waals surface area contributed by atoms with Crippen LogP contribution in [0.5, 0.6) is 5.75 Å². The number of aldehydes is 1. The summed E-state index contributed by atoms with van der Waals surface area (Å²) in [5, 5.41) is 0. The molecule has 3 heteroatoms. The van der Waals surface area contributed by atoms with Gasteiger partial charge in [-0.3, -0.25) is 4.79 Å². The maximum absolute atomic E-state index is 14.0. The summed E-state index contributed by atoms with van der Waals surface area (Å²) in [5.74, 6) is 3.21. The summed E-state index contributed by atoms with van der Waals surface area (Å²) in [7, 11) is 0. The molecule has 0 N–H and O–H groups in total. The molecular weight excluding hydrogens is 303 g/mol.